The molecule has 2 heteroatoms. The van der Waals surface area contributed by atoms with Gasteiger partial charge >= 0.3 is 0 Å². The second kappa shape index (κ2) is 1.81. The highest BCUT2D eigenvalue weighted by molar-refractivity contribution is 6.30. The lowest BCUT2D eigenvalue weighted by atomic mass is 10.6. The molecule has 1 aromatic heterocycles. The first kappa shape index (κ1) is 4.42. The van der Waals surface area contributed by atoms with E-state index in [2.05, 4.69) is 17.1 Å². The van der Waals surface area contributed by atoms with Crippen molar-refractivity contribution in [3.8, 4) is 0 Å². The van der Waals surface area contributed by atoms with E-state index in [-0.39, 0.29) is 0 Å². The Labute approximate surface area is 47.0 Å². The van der Waals surface area contributed by atoms with Crippen LogP contribution in [0.3, 0.4) is 0 Å². The molecule has 0 aliphatic heterocycles. The Hall–Kier alpha value is -0.740. The minimum absolute atomic E-state index is 0.502. The van der Waals surface area contributed by atoms with E-state index in [9.17, 15) is 0 Å². The minimum atomic E-state index is 0.502. The van der Waals surface area contributed by atoms with Crippen LogP contribution in [0.1, 0.15) is 0 Å². The van der Waals surface area contributed by atoms with Crippen molar-refractivity contribution in [2.45, 2.75) is 0 Å². The topological polar surface area (TPSA) is 12.9 Å². The van der Waals surface area contributed by atoms with E-state index in [4.69, 9.17) is 11.6 Å². The zero-order valence-electron chi connectivity index (χ0n) is 3.48. The van der Waals surface area contributed by atoms with Crippen molar-refractivity contribution in [3.05, 3.63) is 29.5 Å². The Morgan fingerprint density at radius 2 is 2.57 bits per heavy atom. The summed E-state index contributed by atoms with van der Waals surface area (Å²) >= 11 is 5.39. The Morgan fingerprint density at radius 3 is 2.86 bits per heavy atom. The maximum absolute atomic E-state index is 5.39. The van der Waals surface area contributed by atoms with Crippen molar-refractivity contribution in [1.29, 1.82) is 0 Å². The fourth-order valence-electron chi connectivity index (χ4n) is 0.273. The van der Waals surface area contributed by atoms with E-state index >= 15 is 0 Å². The number of aromatic nitrogens is 1. The predicted octanol–water partition coefficient (Wildman–Crippen LogP) is 1.34. The van der Waals surface area contributed by atoms with Crippen LogP contribution >= 0.6 is 11.6 Å². The fraction of sp³-hybridized carbons (Fsp3) is 0. The monoisotopic (exact) mass is 111 g/mol. The summed E-state index contributed by atoms with van der Waals surface area (Å²) in [6.45, 7) is 0. The third kappa shape index (κ3) is 1.06. The molecule has 0 unspecified atom stereocenters. The Bertz CT molecular complexity index is 138. The minimum Gasteiger partial charge on any atom is -0.253 e. The molecule has 0 spiro atoms. The summed E-state index contributed by atoms with van der Waals surface area (Å²) in [4.78, 5) is 3.67. The Morgan fingerprint density at radius 1 is 1.71 bits per heavy atom. The zero-order chi connectivity index (χ0) is 5.11. The van der Waals surface area contributed by atoms with Crippen LogP contribution in [0.5, 0.6) is 0 Å². The van der Waals surface area contributed by atoms with Crippen LogP contribution in [0.25, 0.3) is 0 Å². The van der Waals surface area contributed by atoms with Gasteiger partial charge in [-0.3, -0.25) is 4.98 Å². The molecule has 0 amide bonds. The number of halogens is 1. The first-order chi connectivity index (χ1) is 3.39. The summed E-state index contributed by atoms with van der Waals surface area (Å²) in [5.41, 5.74) is 0. The van der Waals surface area contributed by atoms with E-state index in [0.717, 1.165) is 0 Å². The van der Waals surface area contributed by atoms with Crippen LogP contribution in [0.15, 0.2) is 12.4 Å². The van der Waals surface area contributed by atoms with Crippen LogP contribution in [-0.2, 0) is 0 Å². The van der Waals surface area contributed by atoms with Crippen LogP contribution in [-0.4, -0.2) is 4.98 Å². The molecule has 7 heavy (non-hydrogen) atoms. The van der Waals surface area contributed by atoms with Crippen molar-refractivity contribution < 1.29 is 0 Å². The second-order valence-electron chi connectivity index (χ2n) is 1.02. The Kier molecular flexibility index (Phi) is 1.14. The van der Waals surface area contributed by atoms with Crippen molar-refractivity contribution in [2.24, 2.45) is 0 Å². The van der Waals surface area contributed by atoms with Gasteiger partial charge in [-0.1, -0.05) is 11.6 Å². The molecule has 34 valence electrons. The van der Waals surface area contributed by atoms with E-state index in [1.807, 2.05) is 0 Å². The molecule has 1 aromatic rings. The van der Waals surface area contributed by atoms with Gasteiger partial charge in [0.05, 0.1) is 12.4 Å². The number of hydrogen-bond acceptors (Lipinski definition) is 1. The highest BCUT2D eigenvalue weighted by atomic mass is 35.5. The summed E-state index contributed by atoms with van der Waals surface area (Å²) in [6.07, 6.45) is 3.02. The largest absolute Gasteiger partial charge is 0.253 e. The number of hydrogen-bond donors (Lipinski definition) is 0. The predicted molar refractivity (Wildman–Crippen MR) is 26.9 cm³/mol. The molecule has 0 saturated heterocycles. The lowest BCUT2D eigenvalue weighted by Crippen LogP contribution is -1.60. The molecule has 0 N–H and O–H groups in total. The molecule has 0 radical (unpaired) electrons. The smallest absolute Gasteiger partial charge is 0.109 e. The average Bonchev–Trinajstić information content (AvgIpc) is 1.69. The molecular weight excluding hydrogens is 110 g/mol. The normalized spacial score (nSPS) is 7.57. The SMILES string of the molecule is Clc1c#ccnc1. The highest BCUT2D eigenvalue weighted by Crippen LogP contribution is 1.95. The lowest BCUT2D eigenvalue weighted by Gasteiger charge is -1.72. The standard InChI is InChI=1S/C5H2ClN/c6-5-2-1-3-7-4-5/h3-4H. The molecule has 0 aromatic carbocycles. The summed E-state index contributed by atoms with van der Waals surface area (Å²) in [7, 11) is 0. The molecule has 0 aliphatic rings. The lowest BCUT2D eigenvalue weighted by molar-refractivity contribution is 1.34. The summed E-state index contributed by atoms with van der Waals surface area (Å²) in [5, 5.41) is 0.502. The first-order valence-corrected chi connectivity index (χ1v) is 2.16. The molecule has 0 atom stereocenters. The molecule has 0 bridgehead atoms. The van der Waals surface area contributed by atoms with Gasteiger partial charge in [-0.2, -0.15) is 0 Å². The zero-order valence-corrected chi connectivity index (χ0v) is 4.24. The summed E-state index contributed by atoms with van der Waals surface area (Å²) in [5.74, 6) is 0. The molecule has 1 nitrogen and oxygen atoms in total. The van der Waals surface area contributed by atoms with Crippen molar-refractivity contribution in [3.63, 3.8) is 0 Å². The van der Waals surface area contributed by atoms with Gasteiger partial charge in [0.1, 0.15) is 5.02 Å². The number of rotatable bonds is 0. The van der Waals surface area contributed by atoms with E-state index < -0.39 is 0 Å². The molecule has 1 heterocycles. The van der Waals surface area contributed by atoms with Gasteiger partial charge in [0.25, 0.3) is 0 Å². The van der Waals surface area contributed by atoms with Crippen LogP contribution < -0.4 is 0 Å². The van der Waals surface area contributed by atoms with E-state index in [0.29, 0.717) is 5.02 Å². The van der Waals surface area contributed by atoms with Gasteiger partial charge in [0.15, 0.2) is 0 Å². The quantitative estimate of drug-likeness (QED) is 0.492. The van der Waals surface area contributed by atoms with E-state index in [1.54, 1.807) is 0 Å². The molecular formula is C5H2ClN. The first-order valence-electron chi connectivity index (χ1n) is 1.78. The maximum Gasteiger partial charge on any atom is 0.109 e. The van der Waals surface area contributed by atoms with Gasteiger partial charge in [-0.05, 0) is 12.1 Å². The molecule has 1 rings (SSSR count). The van der Waals surface area contributed by atoms with Crippen molar-refractivity contribution in [1.82, 2.24) is 4.98 Å². The van der Waals surface area contributed by atoms with Crippen LogP contribution in [0, 0.1) is 12.1 Å². The van der Waals surface area contributed by atoms with Gasteiger partial charge in [0.2, 0.25) is 0 Å². The second-order valence-corrected chi connectivity index (χ2v) is 1.43. The molecule has 0 saturated carbocycles. The summed E-state index contributed by atoms with van der Waals surface area (Å²) in [6, 6.07) is 5.20. The van der Waals surface area contributed by atoms with Crippen molar-refractivity contribution in [2.75, 3.05) is 0 Å². The third-order valence-corrected chi connectivity index (χ3v) is 0.711. The highest BCUT2D eigenvalue weighted by Gasteiger charge is 1.73. The van der Waals surface area contributed by atoms with Gasteiger partial charge < -0.3 is 0 Å². The molecule has 0 fully saturated rings. The van der Waals surface area contributed by atoms with Gasteiger partial charge in [-0.25, -0.2) is 0 Å². The fourth-order valence-corrected chi connectivity index (χ4v) is 0.384. The van der Waals surface area contributed by atoms with Gasteiger partial charge in [0, 0.05) is 0 Å². The average molecular weight is 112 g/mol. The molecule has 0 aliphatic carbocycles. The van der Waals surface area contributed by atoms with E-state index in [1.165, 1.54) is 12.4 Å². The van der Waals surface area contributed by atoms with Crippen molar-refractivity contribution >= 4 is 11.6 Å². The number of nitrogens with zero attached hydrogens (tertiary/aromatic N) is 1. The van der Waals surface area contributed by atoms with Gasteiger partial charge in [-0.15, -0.1) is 0 Å². The van der Waals surface area contributed by atoms with Crippen LogP contribution in [0.2, 0.25) is 5.02 Å². The third-order valence-electron chi connectivity index (χ3n) is 0.519. The Balaban J connectivity index is 3.02. The van der Waals surface area contributed by atoms with Crippen LogP contribution in [0.4, 0.5) is 0 Å². The maximum atomic E-state index is 5.39. The summed E-state index contributed by atoms with van der Waals surface area (Å²) < 4.78 is 0.